The Morgan fingerprint density at radius 1 is 1.05 bits per heavy atom. The predicted octanol–water partition coefficient (Wildman–Crippen LogP) is 2.86. The average molecular weight is 283 g/mol. The van der Waals surface area contributed by atoms with Crippen molar-refractivity contribution in [3.8, 4) is 0 Å². The minimum absolute atomic E-state index is 0.0443. The highest BCUT2D eigenvalue weighted by atomic mass is 16.1. The molecule has 0 spiro atoms. The molecule has 1 heterocycles. The topological polar surface area (TPSA) is 72.0 Å². The van der Waals surface area contributed by atoms with Crippen molar-refractivity contribution in [3.63, 3.8) is 0 Å². The minimum atomic E-state index is -0.272. The number of Topliss-reactive ketones (excluding diaryl/α,β-unsaturated/α-hetero) is 1. The predicted molar refractivity (Wildman–Crippen MR) is 80.6 cm³/mol. The van der Waals surface area contributed by atoms with Crippen LogP contribution in [0.15, 0.2) is 24.3 Å². The molecular weight excluding hydrogens is 266 g/mol. The number of hydrogen-bond donors (Lipinski definition) is 1. The summed E-state index contributed by atoms with van der Waals surface area (Å²) in [6, 6.07) is 6.84. The Bertz CT molecular complexity index is 700. The molecule has 0 radical (unpaired) electrons. The van der Waals surface area contributed by atoms with Gasteiger partial charge in [-0.3, -0.25) is 9.59 Å². The molecule has 1 aromatic carbocycles. The first kappa shape index (κ1) is 14.8. The highest BCUT2D eigenvalue weighted by Crippen LogP contribution is 2.15. The molecule has 0 saturated heterocycles. The fourth-order valence-electron chi connectivity index (χ4n) is 2.22. The van der Waals surface area contributed by atoms with Gasteiger partial charge < -0.3 is 5.32 Å². The van der Waals surface area contributed by atoms with Gasteiger partial charge in [0.1, 0.15) is 5.82 Å². The van der Waals surface area contributed by atoms with Gasteiger partial charge in [0.25, 0.3) is 5.91 Å². The number of hydrogen-bond acceptors (Lipinski definition) is 4. The largest absolute Gasteiger partial charge is 0.322 e. The second-order valence-electron chi connectivity index (χ2n) is 4.91. The van der Waals surface area contributed by atoms with E-state index in [0.29, 0.717) is 34.0 Å². The van der Waals surface area contributed by atoms with Crippen molar-refractivity contribution in [3.05, 3.63) is 52.6 Å². The molecule has 21 heavy (non-hydrogen) atoms. The molecule has 1 N–H and O–H groups in total. The van der Waals surface area contributed by atoms with Gasteiger partial charge in [0.05, 0.1) is 17.0 Å². The Labute approximate surface area is 123 Å². The average Bonchev–Trinajstić information content (AvgIpc) is 2.37. The van der Waals surface area contributed by atoms with Crippen LogP contribution in [0.25, 0.3) is 0 Å². The molecule has 1 aromatic heterocycles. The maximum Gasteiger partial charge on any atom is 0.259 e. The number of aromatic nitrogens is 2. The van der Waals surface area contributed by atoms with Gasteiger partial charge in [0.15, 0.2) is 5.78 Å². The lowest BCUT2D eigenvalue weighted by atomic mass is 10.1. The van der Waals surface area contributed by atoms with Crippen molar-refractivity contribution in [2.24, 2.45) is 0 Å². The molecule has 0 aliphatic carbocycles. The first-order chi connectivity index (χ1) is 9.88. The van der Waals surface area contributed by atoms with Gasteiger partial charge in [0, 0.05) is 11.3 Å². The number of carbonyl (C=O) groups excluding carboxylic acids is 2. The van der Waals surface area contributed by atoms with E-state index < -0.39 is 0 Å². The number of nitrogens with zero attached hydrogens (tertiary/aromatic N) is 2. The second kappa shape index (κ2) is 5.83. The van der Waals surface area contributed by atoms with Crippen LogP contribution < -0.4 is 5.32 Å². The third-order valence-corrected chi connectivity index (χ3v) is 3.14. The smallest absolute Gasteiger partial charge is 0.259 e. The Morgan fingerprint density at radius 2 is 1.67 bits per heavy atom. The summed E-state index contributed by atoms with van der Waals surface area (Å²) in [6.07, 6.45) is 0. The zero-order valence-electron chi connectivity index (χ0n) is 12.5. The Balaban J connectivity index is 2.30. The van der Waals surface area contributed by atoms with Crippen molar-refractivity contribution in [1.82, 2.24) is 9.97 Å². The quantitative estimate of drug-likeness (QED) is 0.879. The van der Waals surface area contributed by atoms with E-state index in [-0.39, 0.29) is 11.7 Å². The second-order valence-corrected chi connectivity index (χ2v) is 4.91. The fraction of sp³-hybridized carbons (Fsp3) is 0.250. The van der Waals surface area contributed by atoms with E-state index in [9.17, 15) is 9.59 Å². The number of benzene rings is 1. The fourth-order valence-corrected chi connectivity index (χ4v) is 2.22. The first-order valence-corrected chi connectivity index (χ1v) is 6.62. The molecule has 0 fully saturated rings. The maximum absolute atomic E-state index is 12.4. The summed E-state index contributed by atoms with van der Waals surface area (Å²) in [5.41, 5.74) is 2.88. The van der Waals surface area contributed by atoms with Crippen LogP contribution in [0.5, 0.6) is 0 Å². The van der Waals surface area contributed by atoms with E-state index in [2.05, 4.69) is 15.3 Å². The number of carbonyl (C=O) groups is 2. The van der Waals surface area contributed by atoms with Crippen molar-refractivity contribution >= 4 is 17.4 Å². The van der Waals surface area contributed by atoms with Gasteiger partial charge in [-0.25, -0.2) is 9.97 Å². The number of rotatable bonds is 3. The van der Waals surface area contributed by atoms with Crippen LogP contribution in [-0.2, 0) is 0 Å². The van der Waals surface area contributed by atoms with Crippen LogP contribution in [-0.4, -0.2) is 21.7 Å². The monoisotopic (exact) mass is 283 g/mol. The third-order valence-electron chi connectivity index (χ3n) is 3.14. The molecule has 5 heteroatoms. The number of aryl methyl sites for hydroxylation is 3. The van der Waals surface area contributed by atoms with Crippen LogP contribution in [0.3, 0.4) is 0 Å². The molecule has 0 atom stereocenters. The molecule has 108 valence electrons. The van der Waals surface area contributed by atoms with Crippen LogP contribution in [0.1, 0.15) is 44.9 Å². The van der Waals surface area contributed by atoms with Gasteiger partial charge in [-0.1, -0.05) is 12.1 Å². The molecule has 2 rings (SSSR count). The van der Waals surface area contributed by atoms with Crippen molar-refractivity contribution in [2.75, 3.05) is 5.32 Å². The number of ketones is 1. The summed E-state index contributed by atoms with van der Waals surface area (Å²) in [5, 5.41) is 2.78. The van der Waals surface area contributed by atoms with Crippen LogP contribution >= 0.6 is 0 Å². The molecule has 0 bridgehead atoms. The summed E-state index contributed by atoms with van der Waals surface area (Å²) < 4.78 is 0. The highest BCUT2D eigenvalue weighted by Gasteiger charge is 2.15. The molecule has 1 amide bonds. The molecule has 2 aromatic rings. The zero-order chi connectivity index (χ0) is 15.6. The Kier molecular flexibility index (Phi) is 4.12. The summed E-state index contributed by atoms with van der Waals surface area (Å²) in [5.74, 6) is 0.322. The first-order valence-electron chi connectivity index (χ1n) is 6.62. The van der Waals surface area contributed by atoms with E-state index in [1.807, 2.05) is 0 Å². The van der Waals surface area contributed by atoms with Gasteiger partial charge in [-0.05, 0) is 39.8 Å². The van der Waals surface area contributed by atoms with Crippen LogP contribution in [0.2, 0.25) is 0 Å². The Morgan fingerprint density at radius 3 is 2.24 bits per heavy atom. The van der Waals surface area contributed by atoms with Crippen molar-refractivity contribution < 1.29 is 9.59 Å². The van der Waals surface area contributed by atoms with Crippen LogP contribution in [0, 0.1) is 20.8 Å². The highest BCUT2D eigenvalue weighted by molar-refractivity contribution is 6.06. The molecular formula is C16H17N3O2. The lowest BCUT2D eigenvalue weighted by Crippen LogP contribution is -2.17. The maximum atomic E-state index is 12.4. The number of nitrogens with one attached hydrogen (secondary N) is 1. The third kappa shape index (κ3) is 3.31. The summed E-state index contributed by atoms with van der Waals surface area (Å²) in [7, 11) is 0. The SMILES string of the molecule is CC(=O)c1cccc(NC(=O)c2c(C)nc(C)nc2C)c1. The number of amides is 1. The van der Waals surface area contributed by atoms with E-state index in [0.717, 1.165) is 0 Å². The van der Waals surface area contributed by atoms with Crippen molar-refractivity contribution in [2.45, 2.75) is 27.7 Å². The van der Waals surface area contributed by atoms with Gasteiger partial charge in [-0.2, -0.15) is 0 Å². The van der Waals surface area contributed by atoms with Crippen LogP contribution in [0.4, 0.5) is 5.69 Å². The standard InChI is InChI=1S/C16H17N3O2/c1-9-15(10(2)18-12(4)17-9)16(21)19-14-7-5-6-13(8-14)11(3)20/h5-8H,1-4H3,(H,19,21). The molecule has 0 unspecified atom stereocenters. The summed E-state index contributed by atoms with van der Waals surface area (Å²) in [6.45, 7) is 6.84. The summed E-state index contributed by atoms with van der Waals surface area (Å²) in [4.78, 5) is 32.2. The van der Waals surface area contributed by atoms with E-state index >= 15 is 0 Å². The van der Waals surface area contributed by atoms with Gasteiger partial charge >= 0.3 is 0 Å². The molecule has 0 aliphatic rings. The zero-order valence-corrected chi connectivity index (χ0v) is 12.5. The van der Waals surface area contributed by atoms with E-state index in [4.69, 9.17) is 0 Å². The minimum Gasteiger partial charge on any atom is -0.322 e. The van der Waals surface area contributed by atoms with E-state index in [1.54, 1.807) is 45.0 Å². The number of anilines is 1. The molecule has 0 saturated carbocycles. The molecule has 5 nitrogen and oxygen atoms in total. The molecule has 0 aliphatic heterocycles. The lowest BCUT2D eigenvalue weighted by molar-refractivity contribution is 0.101. The van der Waals surface area contributed by atoms with Crippen molar-refractivity contribution in [1.29, 1.82) is 0 Å². The summed E-state index contributed by atoms with van der Waals surface area (Å²) >= 11 is 0. The normalized spacial score (nSPS) is 10.3. The van der Waals surface area contributed by atoms with Gasteiger partial charge in [-0.15, -0.1) is 0 Å². The lowest BCUT2D eigenvalue weighted by Gasteiger charge is -2.10. The Hall–Kier alpha value is -2.56. The van der Waals surface area contributed by atoms with Gasteiger partial charge in [0.2, 0.25) is 0 Å². The van der Waals surface area contributed by atoms with E-state index in [1.165, 1.54) is 6.92 Å².